The monoisotopic (exact) mass is 401 g/mol. The van der Waals surface area contributed by atoms with Crippen molar-refractivity contribution in [3.63, 3.8) is 0 Å². The van der Waals surface area contributed by atoms with Gasteiger partial charge in [0, 0.05) is 35.7 Å². The molecule has 5 nitrogen and oxygen atoms in total. The fourth-order valence-electron chi connectivity index (χ4n) is 2.95. The molecule has 0 spiro atoms. The third kappa shape index (κ3) is 4.25. The van der Waals surface area contributed by atoms with Crippen molar-refractivity contribution < 1.29 is 9.59 Å². The van der Waals surface area contributed by atoms with Crippen LogP contribution in [0.3, 0.4) is 0 Å². The van der Waals surface area contributed by atoms with Crippen molar-refractivity contribution in [2.75, 3.05) is 18.0 Å². The van der Waals surface area contributed by atoms with Gasteiger partial charge in [0.1, 0.15) is 0 Å². The lowest BCUT2D eigenvalue weighted by molar-refractivity contribution is -0.127. The molecule has 2 unspecified atom stereocenters. The van der Waals surface area contributed by atoms with Crippen LogP contribution in [-0.4, -0.2) is 30.9 Å². The van der Waals surface area contributed by atoms with E-state index in [2.05, 4.69) is 21.2 Å². The molecule has 2 fully saturated rings. The van der Waals surface area contributed by atoms with Gasteiger partial charge in [-0.15, -0.1) is 12.4 Å². The highest BCUT2D eigenvalue weighted by atomic mass is 79.9. The van der Waals surface area contributed by atoms with Crippen molar-refractivity contribution in [3.8, 4) is 0 Å². The van der Waals surface area contributed by atoms with Gasteiger partial charge in [0.25, 0.3) is 0 Å². The highest BCUT2D eigenvalue weighted by molar-refractivity contribution is 9.10. The molecule has 2 atom stereocenters. The molecular formula is C16H21BrClN3O2. The van der Waals surface area contributed by atoms with Gasteiger partial charge in [-0.3, -0.25) is 9.59 Å². The van der Waals surface area contributed by atoms with Crippen molar-refractivity contribution in [2.24, 2.45) is 17.6 Å². The number of benzene rings is 1. The zero-order chi connectivity index (χ0) is 15.7. The Morgan fingerprint density at radius 3 is 2.78 bits per heavy atom. The van der Waals surface area contributed by atoms with Crippen LogP contribution in [0.1, 0.15) is 19.3 Å². The van der Waals surface area contributed by atoms with Gasteiger partial charge in [0.15, 0.2) is 0 Å². The average Bonchev–Trinajstić information content (AvgIpc) is 3.26. The van der Waals surface area contributed by atoms with Crippen LogP contribution < -0.4 is 16.0 Å². The number of nitrogens with two attached hydrogens (primary N) is 1. The van der Waals surface area contributed by atoms with Gasteiger partial charge in [-0.25, -0.2) is 0 Å². The van der Waals surface area contributed by atoms with E-state index in [1.54, 1.807) is 4.90 Å². The minimum atomic E-state index is -0.292. The van der Waals surface area contributed by atoms with Crippen molar-refractivity contribution >= 4 is 45.8 Å². The zero-order valence-electron chi connectivity index (χ0n) is 12.7. The first kappa shape index (κ1) is 18.2. The minimum Gasteiger partial charge on any atom is -0.352 e. The molecule has 1 aliphatic carbocycles. The van der Waals surface area contributed by atoms with E-state index in [1.165, 1.54) is 0 Å². The van der Waals surface area contributed by atoms with Crippen molar-refractivity contribution in [1.82, 2.24) is 5.32 Å². The van der Waals surface area contributed by atoms with Gasteiger partial charge in [0.05, 0.1) is 5.92 Å². The first-order valence-corrected chi connectivity index (χ1v) is 8.44. The number of hydrogen-bond donors (Lipinski definition) is 2. The second kappa shape index (κ2) is 7.64. The van der Waals surface area contributed by atoms with Gasteiger partial charge in [-0.2, -0.15) is 0 Å². The van der Waals surface area contributed by atoms with Gasteiger partial charge >= 0.3 is 0 Å². The maximum atomic E-state index is 12.4. The number of rotatable bonds is 5. The van der Waals surface area contributed by atoms with E-state index < -0.39 is 0 Å². The summed E-state index contributed by atoms with van der Waals surface area (Å²) in [6.07, 6.45) is 2.53. The Morgan fingerprint density at radius 1 is 1.43 bits per heavy atom. The molecule has 3 rings (SSSR count). The zero-order valence-corrected chi connectivity index (χ0v) is 15.1. The third-order valence-electron chi connectivity index (χ3n) is 4.39. The molecule has 1 saturated carbocycles. The number of carbonyl (C=O) groups excluding carboxylic acids is 2. The molecule has 0 radical (unpaired) electrons. The molecule has 1 heterocycles. The van der Waals surface area contributed by atoms with Crippen LogP contribution >= 0.6 is 28.3 Å². The molecule has 2 amide bonds. The number of nitrogens with one attached hydrogen (secondary N) is 1. The lowest BCUT2D eigenvalue weighted by Gasteiger charge is -2.20. The Labute approximate surface area is 150 Å². The van der Waals surface area contributed by atoms with Gasteiger partial charge in [0.2, 0.25) is 11.8 Å². The first-order valence-electron chi connectivity index (χ1n) is 7.65. The van der Waals surface area contributed by atoms with Crippen LogP contribution in [-0.2, 0) is 9.59 Å². The number of anilines is 1. The molecule has 1 saturated heterocycles. The predicted molar refractivity (Wildman–Crippen MR) is 95.6 cm³/mol. The highest BCUT2D eigenvalue weighted by Crippen LogP contribution is 2.33. The van der Waals surface area contributed by atoms with E-state index in [1.807, 2.05) is 24.3 Å². The molecule has 0 bridgehead atoms. The molecular weight excluding hydrogens is 382 g/mol. The van der Waals surface area contributed by atoms with Gasteiger partial charge in [-0.05, 0) is 37.0 Å². The van der Waals surface area contributed by atoms with E-state index >= 15 is 0 Å². The smallest absolute Gasteiger partial charge is 0.227 e. The van der Waals surface area contributed by atoms with E-state index in [9.17, 15) is 9.59 Å². The van der Waals surface area contributed by atoms with Crippen LogP contribution in [0.5, 0.6) is 0 Å². The molecule has 0 aromatic heterocycles. The Kier molecular flexibility index (Phi) is 6.06. The summed E-state index contributed by atoms with van der Waals surface area (Å²) in [6.45, 7) is 0.898. The Hall–Kier alpha value is -1.11. The van der Waals surface area contributed by atoms with Crippen LogP contribution in [0.15, 0.2) is 28.7 Å². The largest absolute Gasteiger partial charge is 0.352 e. The van der Waals surface area contributed by atoms with Crippen molar-refractivity contribution in [1.29, 1.82) is 0 Å². The summed E-state index contributed by atoms with van der Waals surface area (Å²) in [5.74, 6) is 0.175. The number of amides is 2. The summed E-state index contributed by atoms with van der Waals surface area (Å²) in [4.78, 5) is 26.3. The lowest BCUT2D eigenvalue weighted by Crippen LogP contribution is -2.45. The van der Waals surface area contributed by atoms with Crippen molar-refractivity contribution in [2.45, 2.75) is 25.3 Å². The molecule has 2 aliphatic rings. The van der Waals surface area contributed by atoms with Crippen LogP contribution in [0.4, 0.5) is 5.69 Å². The Bertz CT molecular complexity index is 594. The number of carbonyl (C=O) groups is 2. The molecule has 1 aliphatic heterocycles. The van der Waals surface area contributed by atoms with Crippen LogP contribution in [0.25, 0.3) is 0 Å². The quantitative estimate of drug-likeness (QED) is 0.792. The molecule has 1 aromatic rings. The lowest BCUT2D eigenvalue weighted by atomic mass is 10.1. The number of halogens is 2. The number of nitrogens with zero attached hydrogens (tertiary/aromatic N) is 1. The fourth-order valence-corrected chi connectivity index (χ4v) is 3.33. The summed E-state index contributed by atoms with van der Waals surface area (Å²) >= 11 is 3.41. The van der Waals surface area contributed by atoms with Gasteiger partial charge < -0.3 is 16.0 Å². The minimum absolute atomic E-state index is 0. The average molecular weight is 403 g/mol. The molecule has 23 heavy (non-hydrogen) atoms. The topological polar surface area (TPSA) is 75.4 Å². The first-order chi connectivity index (χ1) is 10.6. The van der Waals surface area contributed by atoms with Gasteiger partial charge in [-0.1, -0.05) is 22.0 Å². The second-order valence-corrected chi connectivity index (χ2v) is 6.99. The summed E-state index contributed by atoms with van der Waals surface area (Å²) in [7, 11) is 0. The van der Waals surface area contributed by atoms with E-state index in [0.717, 1.165) is 23.0 Å². The molecule has 126 valence electrons. The van der Waals surface area contributed by atoms with E-state index in [-0.39, 0.29) is 42.6 Å². The van der Waals surface area contributed by atoms with Crippen molar-refractivity contribution in [3.05, 3.63) is 28.7 Å². The highest BCUT2D eigenvalue weighted by Gasteiger charge is 2.38. The maximum absolute atomic E-state index is 12.4. The fraction of sp³-hybridized carbons (Fsp3) is 0.500. The molecule has 1 aromatic carbocycles. The Morgan fingerprint density at radius 2 is 2.17 bits per heavy atom. The maximum Gasteiger partial charge on any atom is 0.227 e. The number of hydrogen-bond acceptors (Lipinski definition) is 3. The van der Waals surface area contributed by atoms with E-state index in [0.29, 0.717) is 19.0 Å². The second-order valence-electron chi connectivity index (χ2n) is 6.07. The Balaban J connectivity index is 0.00000192. The summed E-state index contributed by atoms with van der Waals surface area (Å²) in [5, 5.41) is 3.02. The van der Waals surface area contributed by atoms with E-state index in [4.69, 9.17) is 5.73 Å². The third-order valence-corrected chi connectivity index (χ3v) is 4.88. The standard InChI is InChI=1S/C16H20BrN3O2.ClH/c17-12-2-1-3-13(7-12)20-9-11(6-15(20)21)16(22)19-14(8-18)10-4-5-10;/h1-3,7,10-11,14H,4-6,8-9,18H2,(H,19,22);1H. The van der Waals surface area contributed by atoms with Crippen LogP contribution in [0.2, 0.25) is 0 Å². The summed E-state index contributed by atoms with van der Waals surface area (Å²) < 4.78 is 0.919. The molecule has 3 N–H and O–H groups in total. The summed E-state index contributed by atoms with van der Waals surface area (Å²) in [5.41, 5.74) is 6.55. The predicted octanol–water partition coefficient (Wildman–Crippen LogP) is 2.08. The normalized spacial score (nSPS) is 21.7. The molecule has 7 heteroatoms. The van der Waals surface area contributed by atoms with Crippen LogP contribution in [0, 0.1) is 11.8 Å². The summed E-state index contributed by atoms with van der Waals surface area (Å²) in [6, 6.07) is 7.64. The SMILES string of the molecule is Cl.NCC(NC(=O)C1CC(=O)N(c2cccc(Br)c2)C1)C1CC1.